The highest BCUT2D eigenvalue weighted by atomic mass is 79.9. The largest absolute Gasteiger partial charge is 0.509 e. The van der Waals surface area contributed by atoms with Crippen LogP contribution >= 0.6 is 15.9 Å². The average molecular weight is 376 g/mol. The first kappa shape index (κ1) is 17.1. The lowest BCUT2D eigenvalue weighted by molar-refractivity contribution is 0.0290. The fourth-order valence-electron chi connectivity index (χ4n) is 2.12. The molecule has 0 fully saturated rings. The Hall–Kier alpha value is -2.27. The maximum Gasteiger partial charge on any atom is 0.509 e. The van der Waals surface area contributed by atoms with Crippen LogP contribution in [0.5, 0.6) is 0 Å². The number of anilines is 1. The van der Waals surface area contributed by atoms with Crippen molar-refractivity contribution in [2.75, 3.05) is 12.3 Å². The van der Waals surface area contributed by atoms with E-state index in [0.717, 1.165) is 15.6 Å². The van der Waals surface area contributed by atoms with Gasteiger partial charge < -0.3 is 15.2 Å². The van der Waals surface area contributed by atoms with Crippen molar-refractivity contribution in [3.05, 3.63) is 76.8 Å². The number of carbonyl (C=O) groups excluding carboxylic acids is 1. The monoisotopic (exact) mass is 375 g/mol. The minimum absolute atomic E-state index is 0.112. The summed E-state index contributed by atoms with van der Waals surface area (Å²) in [5.74, 6) is 0. The van der Waals surface area contributed by atoms with Gasteiger partial charge in [-0.05, 0) is 23.3 Å². The van der Waals surface area contributed by atoms with E-state index in [1.807, 2.05) is 48.5 Å². The van der Waals surface area contributed by atoms with Crippen molar-refractivity contribution < 1.29 is 14.3 Å². The second-order valence-electron chi connectivity index (χ2n) is 4.91. The average Bonchev–Trinajstić information content (AvgIpc) is 2.55. The lowest BCUT2D eigenvalue weighted by Gasteiger charge is -2.19. The topological polar surface area (TPSA) is 61.5 Å². The molecule has 0 aliphatic carbocycles. The van der Waals surface area contributed by atoms with Crippen molar-refractivity contribution in [1.29, 1.82) is 0 Å². The molecule has 2 aromatic carbocycles. The van der Waals surface area contributed by atoms with Gasteiger partial charge in [-0.25, -0.2) is 4.79 Å². The van der Waals surface area contributed by atoms with E-state index in [1.165, 1.54) is 6.08 Å². The van der Waals surface area contributed by atoms with Gasteiger partial charge in [0.2, 0.25) is 0 Å². The van der Waals surface area contributed by atoms with Gasteiger partial charge in [0, 0.05) is 16.6 Å². The zero-order valence-electron chi connectivity index (χ0n) is 12.6. The van der Waals surface area contributed by atoms with E-state index in [-0.39, 0.29) is 6.61 Å². The molecular weight excluding hydrogens is 358 g/mol. The van der Waals surface area contributed by atoms with Gasteiger partial charge >= 0.3 is 6.16 Å². The smallest absolute Gasteiger partial charge is 0.430 e. The Labute approximate surface area is 144 Å². The van der Waals surface area contributed by atoms with Crippen LogP contribution in [0.15, 0.2) is 65.7 Å². The van der Waals surface area contributed by atoms with Crippen molar-refractivity contribution >= 4 is 27.8 Å². The third-order valence-corrected chi connectivity index (χ3v) is 3.74. The van der Waals surface area contributed by atoms with E-state index in [2.05, 4.69) is 22.5 Å². The number of hydrogen-bond donors (Lipinski definition) is 1. The summed E-state index contributed by atoms with van der Waals surface area (Å²) >= 11 is 3.38. The van der Waals surface area contributed by atoms with Crippen LogP contribution in [-0.4, -0.2) is 12.8 Å². The van der Waals surface area contributed by atoms with Crippen molar-refractivity contribution in [1.82, 2.24) is 0 Å². The summed E-state index contributed by atoms with van der Waals surface area (Å²) < 4.78 is 11.3. The molecule has 0 spiro atoms. The Balaban J connectivity index is 2.19. The molecule has 0 amide bonds. The fourth-order valence-corrected chi connectivity index (χ4v) is 2.50. The maximum absolute atomic E-state index is 11.8. The van der Waals surface area contributed by atoms with Gasteiger partial charge in [-0.15, -0.1) is 0 Å². The molecular formula is C18H18BrNO3. The zero-order valence-corrected chi connectivity index (χ0v) is 14.2. The Kier molecular flexibility index (Phi) is 6.23. The van der Waals surface area contributed by atoms with Gasteiger partial charge in [-0.1, -0.05) is 65.0 Å². The highest BCUT2D eigenvalue weighted by Crippen LogP contribution is 2.27. The second-order valence-corrected chi connectivity index (χ2v) is 5.83. The predicted molar refractivity (Wildman–Crippen MR) is 94.1 cm³/mol. The molecule has 2 N–H and O–H groups in total. The molecule has 1 unspecified atom stereocenters. The highest BCUT2D eigenvalue weighted by molar-refractivity contribution is 9.10. The molecule has 0 radical (unpaired) electrons. The Morgan fingerprint density at radius 3 is 2.65 bits per heavy atom. The number of rotatable bonds is 6. The maximum atomic E-state index is 11.8. The van der Waals surface area contributed by atoms with Crippen LogP contribution in [0.1, 0.15) is 17.2 Å². The number of benzene rings is 2. The molecule has 0 heterocycles. The van der Waals surface area contributed by atoms with E-state index in [9.17, 15) is 4.79 Å². The van der Waals surface area contributed by atoms with Crippen molar-refractivity contribution in [2.24, 2.45) is 0 Å². The number of carbonyl (C=O) groups is 1. The minimum atomic E-state index is -0.727. The number of nitrogens with two attached hydrogens (primary N) is 1. The van der Waals surface area contributed by atoms with Crippen LogP contribution in [0.25, 0.3) is 0 Å². The molecule has 5 heteroatoms. The predicted octanol–water partition coefficient (Wildman–Crippen LogP) is 4.65. The summed E-state index contributed by atoms with van der Waals surface area (Å²) in [4.78, 5) is 11.8. The van der Waals surface area contributed by atoms with Gasteiger partial charge in [-0.3, -0.25) is 0 Å². The summed E-state index contributed by atoms with van der Waals surface area (Å²) in [5.41, 5.74) is 8.47. The summed E-state index contributed by atoms with van der Waals surface area (Å²) in [7, 11) is 0. The quantitative estimate of drug-likeness (QED) is 0.453. The third kappa shape index (κ3) is 5.14. The zero-order chi connectivity index (χ0) is 16.7. The Bertz CT molecular complexity index is 673. The van der Waals surface area contributed by atoms with Crippen LogP contribution < -0.4 is 5.73 Å². The first-order chi connectivity index (χ1) is 11.1. The van der Waals surface area contributed by atoms with E-state index in [0.29, 0.717) is 12.1 Å². The molecule has 23 heavy (non-hydrogen) atoms. The van der Waals surface area contributed by atoms with Crippen molar-refractivity contribution in [2.45, 2.75) is 12.5 Å². The SMILES string of the molecule is C=CCOC(=O)OC(Cc1ccc(Br)cc1N)c1ccccc1. The normalized spacial score (nSPS) is 11.5. The van der Waals surface area contributed by atoms with E-state index in [1.54, 1.807) is 0 Å². The van der Waals surface area contributed by atoms with E-state index < -0.39 is 12.3 Å². The molecule has 0 aliphatic heterocycles. The number of hydrogen-bond acceptors (Lipinski definition) is 4. The molecule has 1 atom stereocenters. The lowest BCUT2D eigenvalue weighted by atomic mass is 10.0. The third-order valence-electron chi connectivity index (χ3n) is 3.24. The fraction of sp³-hybridized carbons (Fsp3) is 0.167. The van der Waals surface area contributed by atoms with Crippen molar-refractivity contribution in [3.8, 4) is 0 Å². The standard InChI is InChI=1S/C18H18BrNO3/c1-2-10-22-18(21)23-17(13-6-4-3-5-7-13)11-14-8-9-15(19)12-16(14)20/h2-9,12,17H,1,10-11,20H2. The Morgan fingerprint density at radius 1 is 1.26 bits per heavy atom. The number of halogens is 1. The van der Waals surface area contributed by atoms with Crippen molar-refractivity contribution in [3.63, 3.8) is 0 Å². The first-order valence-corrected chi connectivity index (χ1v) is 7.92. The molecule has 0 saturated heterocycles. The molecule has 2 aromatic rings. The molecule has 0 aliphatic rings. The van der Waals surface area contributed by atoms with Gasteiger partial charge in [0.15, 0.2) is 0 Å². The van der Waals surface area contributed by atoms with Gasteiger partial charge in [0.05, 0.1) is 0 Å². The van der Waals surface area contributed by atoms with E-state index in [4.69, 9.17) is 15.2 Å². The summed E-state index contributed by atoms with van der Waals surface area (Å²) in [6, 6.07) is 15.1. The van der Waals surface area contributed by atoms with Gasteiger partial charge in [-0.2, -0.15) is 0 Å². The summed E-state index contributed by atoms with van der Waals surface area (Å²) in [6.07, 6.45) is 0.754. The Morgan fingerprint density at radius 2 is 2.00 bits per heavy atom. The van der Waals surface area contributed by atoms with Crippen LogP contribution in [0.2, 0.25) is 0 Å². The second kappa shape index (κ2) is 8.39. The first-order valence-electron chi connectivity index (χ1n) is 7.13. The molecule has 0 aromatic heterocycles. The summed E-state index contributed by atoms with van der Waals surface area (Å²) in [6.45, 7) is 3.62. The molecule has 120 valence electrons. The number of ether oxygens (including phenoxy) is 2. The van der Waals surface area contributed by atoms with Crippen LogP contribution in [0.3, 0.4) is 0 Å². The van der Waals surface area contributed by atoms with Crippen LogP contribution in [0.4, 0.5) is 10.5 Å². The molecule has 0 saturated carbocycles. The molecule has 4 nitrogen and oxygen atoms in total. The lowest BCUT2D eigenvalue weighted by Crippen LogP contribution is -2.15. The van der Waals surface area contributed by atoms with Crippen LogP contribution in [0, 0.1) is 0 Å². The highest BCUT2D eigenvalue weighted by Gasteiger charge is 2.19. The molecule has 0 bridgehead atoms. The minimum Gasteiger partial charge on any atom is -0.430 e. The van der Waals surface area contributed by atoms with Gasteiger partial charge in [0.25, 0.3) is 0 Å². The van der Waals surface area contributed by atoms with Crippen LogP contribution in [-0.2, 0) is 15.9 Å². The van der Waals surface area contributed by atoms with E-state index >= 15 is 0 Å². The van der Waals surface area contributed by atoms with Gasteiger partial charge in [0.1, 0.15) is 12.7 Å². The molecule has 2 rings (SSSR count). The summed E-state index contributed by atoms with van der Waals surface area (Å²) in [5, 5.41) is 0. The number of nitrogen functional groups attached to an aromatic ring is 1.